The molecule has 1 unspecified atom stereocenters. The van der Waals surface area contributed by atoms with E-state index in [0.717, 1.165) is 0 Å². The molecule has 0 fully saturated rings. The summed E-state index contributed by atoms with van der Waals surface area (Å²) in [5.74, 6) is -1.62. The van der Waals surface area contributed by atoms with Crippen LogP contribution in [0.15, 0.2) is 48.5 Å². The monoisotopic (exact) mass is 287 g/mol. The van der Waals surface area contributed by atoms with Gasteiger partial charge in [-0.25, -0.2) is 0 Å². The topological polar surface area (TPSA) is 89.7 Å². The molecule has 1 N–H and O–H groups in total. The lowest BCUT2D eigenvalue weighted by atomic mass is 9.99. The number of rotatable bonds is 5. The highest BCUT2D eigenvalue weighted by molar-refractivity contribution is 5.78. The van der Waals surface area contributed by atoms with Crippen molar-refractivity contribution in [3.05, 3.63) is 64.2 Å². The number of carboxylic acid groups (broad SMARTS) is 1. The summed E-state index contributed by atoms with van der Waals surface area (Å²) in [4.78, 5) is 21.7. The Labute approximate surface area is 120 Å². The van der Waals surface area contributed by atoms with Crippen molar-refractivity contribution >= 4 is 11.7 Å². The maximum atomic E-state index is 11.2. The van der Waals surface area contributed by atoms with E-state index in [1.54, 1.807) is 30.3 Å². The van der Waals surface area contributed by atoms with Gasteiger partial charge in [-0.1, -0.05) is 30.3 Å². The lowest BCUT2D eigenvalue weighted by Gasteiger charge is -2.14. The van der Waals surface area contributed by atoms with Crippen molar-refractivity contribution in [1.82, 2.24) is 0 Å². The minimum atomic E-state index is -1.08. The Balaban J connectivity index is 2.54. The summed E-state index contributed by atoms with van der Waals surface area (Å²) in [7, 11) is 0. The van der Waals surface area contributed by atoms with Crippen molar-refractivity contribution in [3.8, 4) is 11.5 Å². The smallest absolute Gasteiger partial charge is 0.311 e. The van der Waals surface area contributed by atoms with Gasteiger partial charge in [-0.05, 0) is 19.1 Å². The molecule has 0 radical (unpaired) electrons. The van der Waals surface area contributed by atoms with Gasteiger partial charge >= 0.3 is 11.7 Å². The predicted molar refractivity (Wildman–Crippen MR) is 75.7 cm³/mol. The van der Waals surface area contributed by atoms with Crippen LogP contribution in [0.2, 0.25) is 0 Å². The first-order chi connectivity index (χ1) is 10.0. The molecule has 0 aliphatic rings. The van der Waals surface area contributed by atoms with Gasteiger partial charge < -0.3 is 9.84 Å². The molecule has 2 rings (SSSR count). The van der Waals surface area contributed by atoms with Gasteiger partial charge in [0.2, 0.25) is 5.75 Å². The van der Waals surface area contributed by atoms with Gasteiger partial charge in [0, 0.05) is 11.6 Å². The Bertz CT molecular complexity index is 669. The lowest BCUT2D eigenvalue weighted by Crippen LogP contribution is -2.09. The van der Waals surface area contributed by atoms with Gasteiger partial charge in [0.25, 0.3) is 0 Å². The molecule has 0 amide bonds. The van der Waals surface area contributed by atoms with Gasteiger partial charge in [0.05, 0.1) is 10.8 Å². The van der Waals surface area contributed by atoms with Crippen LogP contribution in [0, 0.1) is 10.1 Å². The van der Waals surface area contributed by atoms with Crippen LogP contribution in [-0.4, -0.2) is 16.0 Å². The van der Waals surface area contributed by atoms with E-state index in [2.05, 4.69) is 0 Å². The summed E-state index contributed by atoms with van der Waals surface area (Å²) >= 11 is 0. The van der Waals surface area contributed by atoms with Crippen molar-refractivity contribution in [2.24, 2.45) is 0 Å². The molecular weight excluding hydrogens is 274 g/mol. The second kappa shape index (κ2) is 6.04. The molecule has 6 nitrogen and oxygen atoms in total. The highest BCUT2D eigenvalue weighted by Crippen LogP contribution is 2.38. The summed E-state index contributed by atoms with van der Waals surface area (Å²) < 4.78 is 5.57. The van der Waals surface area contributed by atoms with Crippen molar-refractivity contribution in [2.75, 3.05) is 0 Å². The number of para-hydroxylation sites is 2. The van der Waals surface area contributed by atoms with Gasteiger partial charge in [0.1, 0.15) is 5.75 Å². The molecule has 0 aliphatic heterocycles. The zero-order valence-corrected chi connectivity index (χ0v) is 11.2. The molecule has 0 aromatic heterocycles. The highest BCUT2D eigenvalue weighted by Gasteiger charge is 2.26. The van der Waals surface area contributed by atoms with E-state index in [1.165, 1.54) is 25.1 Å². The van der Waals surface area contributed by atoms with Crippen molar-refractivity contribution in [2.45, 2.75) is 12.8 Å². The van der Waals surface area contributed by atoms with Crippen LogP contribution < -0.4 is 4.74 Å². The van der Waals surface area contributed by atoms with Gasteiger partial charge in [-0.2, -0.15) is 0 Å². The normalized spacial score (nSPS) is 11.7. The molecule has 2 aromatic rings. The third kappa shape index (κ3) is 3.17. The van der Waals surface area contributed by atoms with Crippen molar-refractivity contribution in [3.63, 3.8) is 0 Å². The Hall–Kier alpha value is -2.89. The molecule has 108 valence electrons. The summed E-state index contributed by atoms with van der Waals surface area (Å²) in [5.41, 5.74) is 0.00464. The van der Waals surface area contributed by atoms with Crippen LogP contribution in [0.4, 0.5) is 5.69 Å². The first-order valence-corrected chi connectivity index (χ1v) is 6.23. The number of hydrogen-bond acceptors (Lipinski definition) is 4. The zero-order chi connectivity index (χ0) is 15.4. The minimum absolute atomic E-state index is 0.0383. The summed E-state index contributed by atoms with van der Waals surface area (Å²) in [6.45, 7) is 1.46. The van der Waals surface area contributed by atoms with E-state index in [0.29, 0.717) is 5.75 Å². The van der Waals surface area contributed by atoms with Crippen molar-refractivity contribution < 1.29 is 19.6 Å². The minimum Gasteiger partial charge on any atom is -0.481 e. The first-order valence-electron chi connectivity index (χ1n) is 6.23. The van der Waals surface area contributed by atoms with E-state index < -0.39 is 16.8 Å². The van der Waals surface area contributed by atoms with Crippen LogP contribution in [0.3, 0.4) is 0 Å². The maximum absolute atomic E-state index is 11.2. The third-order valence-corrected chi connectivity index (χ3v) is 3.02. The van der Waals surface area contributed by atoms with Gasteiger partial charge in [-0.15, -0.1) is 0 Å². The number of benzene rings is 2. The highest BCUT2D eigenvalue weighted by atomic mass is 16.6. The fraction of sp³-hybridized carbons (Fsp3) is 0.133. The number of carboxylic acids is 1. The lowest BCUT2D eigenvalue weighted by molar-refractivity contribution is -0.385. The molecule has 0 spiro atoms. The number of nitrogens with zero attached hydrogens (tertiary/aromatic N) is 1. The van der Waals surface area contributed by atoms with E-state index in [9.17, 15) is 14.9 Å². The Kier molecular flexibility index (Phi) is 4.18. The molecule has 1 atom stereocenters. The number of nitro benzene ring substituents is 1. The van der Waals surface area contributed by atoms with E-state index in [-0.39, 0.29) is 17.0 Å². The van der Waals surface area contributed by atoms with Crippen LogP contribution in [0.1, 0.15) is 18.4 Å². The second-order valence-corrected chi connectivity index (χ2v) is 4.43. The van der Waals surface area contributed by atoms with Crippen LogP contribution >= 0.6 is 0 Å². The Morgan fingerprint density at radius 1 is 1.19 bits per heavy atom. The molecule has 2 aromatic carbocycles. The molecule has 0 aliphatic carbocycles. The molecule has 21 heavy (non-hydrogen) atoms. The SMILES string of the molecule is CC(C(=O)O)c1cccc([N+](=O)[O-])c1Oc1ccccc1. The van der Waals surface area contributed by atoms with E-state index in [4.69, 9.17) is 9.84 Å². The zero-order valence-electron chi connectivity index (χ0n) is 11.2. The van der Waals surface area contributed by atoms with Crippen LogP contribution in [-0.2, 0) is 4.79 Å². The standard InChI is InChI=1S/C15H13NO5/c1-10(15(17)18)12-8-5-9-13(16(19)20)14(12)21-11-6-3-2-4-7-11/h2-10H,1H3,(H,17,18). The fourth-order valence-electron chi connectivity index (χ4n) is 1.88. The largest absolute Gasteiger partial charge is 0.481 e. The number of nitro groups is 1. The van der Waals surface area contributed by atoms with Crippen LogP contribution in [0.5, 0.6) is 11.5 Å². The van der Waals surface area contributed by atoms with E-state index >= 15 is 0 Å². The average molecular weight is 287 g/mol. The Morgan fingerprint density at radius 2 is 1.86 bits per heavy atom. The quantitative estimate of drug-likeness (QED) is 0.670. The fourth-order valence-corrected chi connectivity index (χ4v) is 1.88. The molecule has 0 saturated carbocycles. The second-order valence-electron chi connectivity index (χ2n) is 4.43. The number of carbonyl (C=O) groups is 1. The van der Waals surface area contributed by atoms with Gasteiger partial charge in [-0.3, -0.25) is 14.9 Å². The molecule has 0 saturated heterocycles. The number of ether oxygens (including phenoxy) is 1. The predicted octanol–water partition coefficient (Wildman–Crippen LogP) is 3.58. The summed E-state index contributed by atoms with van der Waals surface area (Å²) in [6.07, 6.45) is 0. The van der Waals surface area contributed by atoms with Crippen molar-refractivity contribution in [1.29, 1.82) is 0 Å². The number of hydrogen-bond donors (Lipinski definition) is 1. The number of aliphatic carboxylic acids is 1. The molecule has 0 bridgehead atoms. The summed E-state index contributed by atoms with van der Waals surface area (Å²) in [5, 5.41) is 20.3. The maximum Gasteiger partial charge on any atom is 0.311 e. The Morgan fingerprint density at radius 3 is 2.43 bits per heavy atom. The van der Waals surface area contributed by atoms with Crippen LogP contribution in [0.25, 0.3) is 0 Å². The third-order valence-electron chi connectivity index (χ3n) is 3.02. The summed E-state index contributed by atoms with van der Waals surface area (Å²) in [6, 6.07) is 12.8. The average Bonchev–Trinajstić information content (AvgIpc) is 2.47. The van der Waals surface area contributed by atoms with Gasteiger partial charge in [0.15, 0.2) is 0 Å². The van der Waals surface area contributed by atoms with E-state index in [1.807, 2.05) is 0 Å². The first kappa shape index (κ1) is 14.5. The molecule has 6 heteroatoms. The molecular formula is C15H13NO5. The molecule has 0 heterocycles.